The van der Waals surface area contributed by atoms with E-state index in [-0.39, 0.29) is 5.54 Å². The Balaban J connectivity index is 1.83. The monoisotopic (exact) mass is 463 g/mol. The number of anilines is 1. The van der Waals surface area contributed by atoms with Crippen LogP contribution in [-0.2, 0) is 0 Å². The summed E-state index contributed by atoms with van der Waals surface area (Å²) in [5.74, 6) is 2.54. The van der Waals surface area contributed by atoms with E-state index in [0.717, 1.165) is 41.0 Å². The molecule has 0 amide bonds. The van der Waals surface area contributed by atoms with Gasteiger partial charge in [0.25, 0.3) is 0 Å². The largest absolute Gasteiger partial charge is 0.497 e. The van der Waals surface area contributed by atoms with Crippen LogP contribution in [0.15, 0.2) is 52.4 Å². The number of ether oxygens (including phenoxy) is 1. The zero-order valence-corrected chi connectivity index (χ0v) is 21.9. The summed E-state index contributed by atoms with van der Waals surface area (Å²) in [7, 11) is 1.71. The molecule has 4 nitrogen and oxygen atoms in total. The normalized spacial score (nSPS) is 24.5. The number of rotatable bonds is 3. The zero-order valence-electron chi connectivity index (χ0n) is 21.1. The van der Waals surface area contributed by atoms with Gasteiger partial charge in [0.15, 0.2) is 11.0 Å². The van der Waals surface area contributed by atoms with Crippen LogP contribution in [0.3, 0.4) is 0 Å². The highest BCUT2D eigenvalue weighted by molar-refractivity contribution is 8.13. The summed E-state index contributed by atoms with van der Waals surface area (Å²) in [5.41, 5.74) is 4.71. The van der Waals surface area contributed by atoms with E-state index in [0.29, 0.717) is 11.3 Å². The second-order valence-electron chi connectivity index (χ2n) is 10.5. The number of thioether (sulfide) groups is 1. The summed E-state index contributed by atoms with van der Waals surface area (Å²) in [4.78, 5) is 12.9. The van der Waals surface area contributed by atoms with Gasteiger partial charge in [-0.05, 0) is 92.5 Å². The number of aryl methyl sites for hydroxylation is 2. The molecule has 1 aliphatic heterocycles. The summed E-state index contributed by atoms with van der Waals surface area (Å²) in [6.45, 7) is 11.4. The Labute approximate surface area is 203 Å². The number of aliphatic imine (C=N–C) groups is 2. The molecule has 176 valence electrons. The van der Waals surface area contributed by atoms with Crippen molar-refractivity contribution in [2.45, 2.75) is 65.8 Å². The number of benzene rings is 2. The van der Waals surface area contributed by atoms with Crippen molar-refractivity contribution in [3.63, 3.8) is 0 Å². The maximum atomic E-state index is 5.42. The Morgan fingerprint density at radius 2 is 1.64 bits per heavy atom. The molecule has 33 heavy (non-hydrogen) atoms. The van der Waals surface area contributed by atoms with Gasteiger partial charge in [-0.1, -0.05) is 50.7 Å². The molecule has 2 aromatic carbocycles. The van der Waals surface area contributed by atoms with Crippen molar-refractivity contribution in [3.8, 4) is 5.75 Å². The Bertz CT molecular complexity index is 1040. The van der Waals surface area contributed by atoms with Crippen LogP contribution in [0.2, 0.25) is 0 Å². The van der Waals surface area contributed by atoms with Crippen LogP contribution in [0.25, 0.3) is 0 Å². The third-order valence-electron chi connectivity index (χ3n) is 7.44. The molecule has 4 rings (SSSR count). The van der Waals surface area contributed by atoms with Gasteiger partial charge in [-0.3, -0.25) is 0 Å². The highest BCUT2D eigenvalue weighted by Crippen LogP contribution is 2.49. The lowest BCUT2D eigenvalue weighted by Gasteiger charge is -2.47. The van der Waals surface area contributed by atoms with Crippen molar-refractivity contribution in [1.82, 2.24) is 0 Å². The first kappa shape index (κ1) is 23.9. The maximum absolute atomic E-state index is 5.42. The second-order valence-corrected chi connectivity index (χ2v) is 11.3. The van der Waals surface area contributed by atoms with Crippen LogP contribution in [0, 0.1) is 25.2 Å². The minimum Gasteiger partial charge on any atom is -0.497 e. The molecule has 1 heterocycles. The molecule has 0 unspecified atom stereocenters. The number of hydrogen-bond acceptors (Lipinski definition) is 4. The maximum Gasteiger partial charge on any atom is 0.170 e. The highest BCUT2D eigenvalue weighted by Gasteiger charge is 2.52. The summed E-state index contributed by atoms with van der Waals surface area (Å²) in [6, 6.07) is 14.8. The second kappa shape index (κ2) is 9.17. The van der Waals surface area contributed by atoms with Crippen molar-refractivity contribution in [2.24, 2.45) is 21.3 Å². The third kappa shape index (κ3) is 4.44. The fraction of sp³-hybridized carbons (Fsp3) is 0.500. The molecule has 0 N–H and O–H groups in total. The summed E-state index contributed by atoms with van der Waals surface area (Å²) in [5, 5.41) is 1.03. The van der Waals surface area contributed by atoms with E-state index in [2.05, 4.69) is 76.1 Å². The highest BCUT2D eigenvalue weighted by atomic mass is 32.2. The van der Waals surface area contributed by atoms with Crippen LogP contribution < -0.4 is 9.64 Å². The number of methoxy groups -OCH3 is 1. The minimum absolute atomic E-state index is 0.219. The zero-order chi connectivity index (χ0) is 23.8. The summed E-state index contributed by atoms with van der Waals surface area (Å²) in [6.07, 6.45) is 6.58. The lowest BCUT2D eigenvalue weighted by Crippen LogP contribution is -2.54. The van der Waals surface area contributed by atoms with Gasteiger partial charge in [-0.2, -0.15) is 0 Å². The summed E-state index contributed by atoms with van der Waals surface area (Å²) >= 11 is 1.71. The summed E-state index contributed by atoms with van der Waals surface area (Å²) < 4.78 is 5.42. The topological polar surface area (TPSA) is 37.2 Å². The van der Waals surface area contributed by atoms with Crippen molar-refractivity contribution >= 4 is 34.1 Å². The lowest BCUT2D eigenvalue weighted by atomic mass is 9.66. The van der Waals surface area contributed by atoms with Crippen LogP contribution in [0.5, 0.6) is 5.75 Å². The molecule has 1 fully saturated rings. The first-order valence-corrected chi connectivity index (χ1v) is 13.1. The van der Waals surface area contributed by atoms with Crippen molar-refractivity contribution in [3.05, 3.63) is 53.6 Å². The molecule has 1 saturated carbocycles. The average Bonchev–Trinajstić information content (AvgIpc) is 3.08. The van der Waals surface area contributed by atoms with Crippen LogP contribution in [-0.4, -0.2) is 29.9 Å². The molecule has 5 heteroatoms. The molecule has 0 atom stereocenters. The molecule has 2 aromatic rings. The Kier molecular flexibility index (Phi) is 6.63. The Hall–Kier alpha value is -2.27. The molecule has 1 aliphatic carbocycles. The van der Waals surface area contributed by atoms with Gasteiger partial charge in [-0.15, -0.1) is 0 Å². The third-order valence-corrected chi connectivity index (χ3v) is 8.08. The van der Waals surface area contributed by atoms with Crippen molar-refractivity contribution < 1.29 is 4.74 Å². The standard InChI is InChI=1S/C28H37N3OS/c1-19-9-8-10-20(2)24(19)29-25-28(17-15-21(16-18-28)27(3,4)5)31(26(30-25)33-7)22-11-13-23(32-6)14-12-22/h8-14,21H,15-18H2,1-7H3. The van der Waals surface area contributed by atoms with E-state index in [1.165, 1.54) is 24.0 Å². The minimum atomic E-state index is -0.219. The van der Waals surface area contributed by atoms with Gasteiger partial charge in [0.1, 0.15) is 11.3 Å². The Morgan fingerprint density at radius 3 is 2.15 bits per heavy atom. The molecule has 0 bridgehead atoms. The molecule has 1 spiro atoms. The van der Waals surface area contributed by atoms with Gasteiger partial charge < -0.3 is 9.64 Å². The number of nitrogens with zero attached hydrogens (tertiary/aromatic N) is 3. The van der Waals surface area contributed by atoms with Crippen LogP contribution in [0.4, 0.5) is 11.4 Å². The molecular formula is C28H37N3OS. The van der Waals surface area contributed by atoms with E-state index in [1.807, 2.05) is 12.1 Å². The van der Waals surface area contributed by atoms with Crippen LogP contribution >= 0.6 is 11.8 Å². The lowest BCUT2D eigenvalue weighted by molar-refractivity contribution is 0.158. The fourth-order valence-corrected chi connectivity index (χ4v) is 6.02. The van der Waals surface area contributed by atoms with E-state index < -0.39 is 0 Å². The SMILES string of the molecule is COc1ccc(N2C(SC)=NC(=Nc3c(C)cccc3C)C23CCC(C(C)(C)C)CC3)cc1. The molecular weight excluding hydrogens is 426 g/mol. The van der Waals surface area contributed by atoms with Gasteiger partial charge in [0, 0.05) is 5.69 Å². The number of hydrogen-bond donors (Lipinski definition) is 0. The molecule has 0 radical (unpaired) electrons. The predicted molar refractivity (Wildman–Crippen MR) is 144 cm³/mol. The predicted octanol–water partition coefficient (Wildman–Crippen LogP) is 7.56. The number of para-hydroxylation sites is 1. The average molecular weight is 464 g/mol. The molecule has 0 saturated heterocycles. The molecule has 2 aliphatic rings. The van der Waals surface area contributed by atoms with E-state index >= 15 is 0 Å². The van der Waals surface area contributed by atoms with Crippen molar-refractivity contribution in [1.29, 1.82) is 0 Å². The van der Waals surface area contributed by atoms with E-state index in [9.17, 15) is 0 Å². The van der Waals surface area contributed by atoms with E-state index in [1.54, 1.807) is 18.9 Å². The van der Waals surface area contributed by atoms with Gasteiger partial charge >= 0.3 is 0 Å². The van der Waals surface area contributed by atoms with Gasteiger partial charge in [0.05, 0.1) is 12.8 Å². The fourth-order valence-electron chi connectivity index (χ4n) is 5.38. The first-order chi connectivity index (χ1) is 15.7. The Morgan fingerprint density at radius 1 is 1.03 bits per heavy atom. The smallest absolute Gasteiger partial charge is 0.170 e. The van der Waals surface area contributed by atoms with Gasteiger partial charge in [0.2, 0.25) is 0 Å². The first-order valence-electron chi connectivity index (χ1n) is 11.9. The van der Waals surface area contributed by atoms with Gasteiger partial charge in [-0.25, -0.2) is 9.98 Å². The van der Waals surface area contributed by atoms with E-state index in [4.69, 9.17) is 14.7 Å². The van der Waals surface area contributed by atoms with Crippen LogP contribution in [0.1, 0.15) is 57.6 Å². The number of amidine groups is 2. The molecule has 0 aromatic heterocycles. The quantitative estimate of drug-likeness (QED) is 0.471. The van der Waals surface area contributed by atoms with Crippen molar-refractivity contribution in [2.75, 3.05) is 18.3 Å².